The summed E-state index contributed by atoms with van der Waals surface area (Å²) < 4.78 is 12.4. The number of esters is 1. The fraction of sp³-hybridized carbons (Fsp3) is 0.548. The number of hydrogen-bond donors (Lipinski definition) is 3. The van der Waals surface area contributed by atoms with E-state index in [-0.39, 0.29) is 24.0 Å². The molecule has 6 heteroatoms. The topological polar surface area (TPSA) is 96.2 Å². The number of fused-ring (bicyclic) bond motifs is 2. The third-order valence-electron chi connectivity index (χ3n) is 10.8. The van der Waals surface area contributed by atoms with Gasteiger partial charge in [0, 0.05) is 17.9 Å². The Hall–Kier alpha value is -3.35. The van der Waals surface area contributed by atoms with Crippen LogP contribution < -0.4 is 4.74 Å². The minimum absolute atomic E-state index is 0.00384. The van der Waals surface area contributed by atoms with Gasteiger partial charge in [-0.15, -0.1) is 0 Å². The van der Waals surface area contributed by atoms with Gasteiger partial charge in [0.15, 0.2) is 0 Å². The van der Waals surface area contributed by atoms with E-state index in [1.54, 1.807) is 6.07 Å². The number of allylic oxidation sites excluding steroid dienone is 3. The molecule has 2 aromatic carbocycles. The number of aliphatic hydroxyl groups is 2. The second-order valence-corrected chi connectivity index (χ2v) is 15.0. The number of unbranched alkanes of at least 4 members (excludes halogenated alkanes) is 4. The van der Waals surface area contributed by atoms with E-state index in [1.165, 1.54) is 5.57 Å². The van der Waals surface area contributed by atoms with E-state index < -0.39 is 23.5 Å². The molecule has 4 atom stereocenters. The van der Waals surface area contributed by atoms with E-state index >= 15 is 0 Å². The summed E-state index contributed by atoms with van der Waals surface area (Å²) in [5.74, 6) is -2.02. The van der Waals surface area contributed by atoms with Gasteiger partial charge in [-0.2, -0.15) is 0 Å². The second kappa shape index (κ2) is 14.6. The molecule has 260 valence electrons. The number of carbonyl (C=O) groups excluding carboxylic acids is 1. The van der Waals surface area contributed by atoms with Gasteiger partial charge < -0.3 is 24.8 Å². The molecule has 1 heterocycles. The number of rotatable bonds is 12. The molecule has 2 unspecified atom stereocenters. The lowest BCUT2D eigenvalue weighted by atomic mass is 9.73. The van der Waals surface area contributed by atoms with Crippen LogP contribution in [-0.4, -0.2) is 38.8 Å². The molecule has 0 aromatic heterocycles. The van der Waals surface area contributed by atoms with Crippen LogP contribution in [0.3, 0.4) is 0 Å². The predicted octanol–water partition coefficient (Wildman–Crippen LogP) is 9.50. The molecule has 0 fully saturated rings. The maximum Gasteiger partial charge on any atom is 0.341 e. The Morgan fingerprint density at radius 1 is 1.04 bits per heavy atom. The van der Waals surface area contributed by atoms with E-state index in [0.717, 1.165) is 85.6 Å². The van der Waals surface area contributed by atoms with Gasteiger partial charge in [0.05, 0.1) is 11.1 Å². The first-order chi connectivity index (χ1) is 22.8. The maximum atomic E-state index is 14.2. The highest BCUT2D eigenvalue weighted by Gasteiger charge is 2.52. The Kier molecular flexibility index (Phi) is 11.0. The summed E-state index contributed by atoms with van der Waals surface area (Å²) in [6, 6.07) is 9.73. The largest absolute Gasteiger partial charge is 0.507 e. The van der Waals surface area contributed by atoms with Crippen LogP contribution in [-0.2, 0) is 17.6 Å². The van der Waals surface area contributed by atoms with Crippen LogP contribution in [0.4, 0.5) is 0 Å². The van der Waals surface area contributed by atoms with Crippen LogP contribution in [0.2, 0.25) is 0 Å². The number of phenols is 1. The third kappa shape index (κ3) is 7.30. The number of phenolic OH excluding ortho intramolecular Hbond substituents is 1. The van der Waals surface area contributed by atoms with Gasteiger partial charge in [0.1, 0.15) is 23.2 Å². The van der Waals surface area contributed by atoms with Crippen LogP contribution in [0, 0.1) is 5.92 Å². The van der Waals surface area contributed by atoms with E-state index in [0.29, 0.717) is 35.3 Å². The summed E-state index contributed by atoms with van der Waals surface area (Å²) in [6.07, 6.45) is 10.8. The van der Waals surface area contributed by atoms with Crippen molar-refractivity contribution in [3.8, 4) is 11.5 Å². The summed E-state index contributed by atoms with van der Waals surface area (Å²) in [4.78, 5) is 14.2. The minimum Gasteiger partial charge on any atom is -0.507 e. The molecule has 2 aromatic rings. The third-order valence-corrected chi connectivity index (χ3v) is 10.8. The van der Waals surface area contributed by atoms with Gasteiger partial charge in [0.2, 0.25) is 5.79 Å². The highest BCUT2D eigenvalue weighted by molar-refractivity contribution is 5.92. The van der Waals surface area contributed by atoms with Crippen molar-refractivity contribution in [2.24, 2.45) is 5.92 Å². The van der Waals surface area contributed by atoms with Crippen molar-refractivity contribution in [1.82, 2.24) is 0 Å². The van der Waals surface area contributed by atoms with Gasteiger partial charge in [-0.05, 0) is 119 Å². The Bertz CT molecular complexity index is 1600. The van der Waals surface area contributed by atoms with Crippen molar-refractivity contribution >= 4 is 11.5 Å². The first-order valence-electron chi connectivity index (χ1n) is 18.2. The summed E-state index contributed by atoms with van der Waals surface area (Å²) in [7, 11) is 0. The van der Waals surface area contributed by atoms with Crippen molar-refractivity contribution in [2.45, 2.75) is 142 Å². The summed E-state index contributed by atoms with van der Waals surface area (Å²) in [5.41, 5.74) is 6.47. The first kappa shape index (κ1) is 35.9. The van der Waals surface area contributed by atoms with Gasteiger partial charge in [0.25, 0.3) is 0 Å². The summed E-state index contributed by atoms with van der Waals surface area (Å²) >= 11 is 0. The number of benzene rings is 2. The molecule has 3 aliphatic rings. The molecule has 0 saturated heterocycles. The average molecular weight is 657 g/mol. The number of aliphatic hydroxyl groups excluding tert-OH is 1. The minimum atomic E-state index is -2.19. The van der Waals surface area contributed by atoms with Crippen LogP contribution in [0.5, 0.6) is 11.5 Å². The summed E-state index contributed by atoms with van der Waals surface area (Å²) in [6.45, 7) is 16.7. The zero-order valence-electron chi connectivity index (χ0n) is 30.0. The van der Waals surface area contributed by atoms with Gasteiger partial charge in [-0.25, -0.2) is 4.79 Å². The molecule has 3 N–H and O–H groups in total. The van der Waals surface area contributed by atoms with Crippen molar-refractivity contribution < 1.29 is 29.6 Å². The fourth-order valence-corrected chi connectivity index (χ4v) is 7.99. The number of aryl methyl sites for hydroxylation is 2. The van der Waals surface area contributed by atoms with E-state index in [9.17, 15) is 20.1 Å². The number of carbonyl (C=O) groups is 1. The quantitative estimate of drug-likeness (QED) is 0.0912. The molecule has 5 rings (SSSR count). The van der Waals surface area contributed by atoms with Crippen molar-refractivity contribution in [2.75, 3.05) is 0 Å². The lowest BCUT2D eigenvalue weighted by Gasteiger charge is -2.46. The SMILES string of the molecule is C=C(C)[C@@H]1CCC(C)=C[C@H]1c1ccc(CCCCC)c(C(=O)OC2(O)CCC3=C(c4c(O)cc(CCCCC)cc4OC3(C)C)C2O)c1. The molecule has 0 amide bonds. The number of hydrogen-bond acceptors (Lipinski definition) is 6. The maximum absolute atomic E-state index is 14.2. The zero-order chi connectivity index (χ0) is 34.8. The monoisotopic (exact) mass is 656 g/mol. The van der Waals surface area contributed by atoms with Crippen molar-refractivity contribution in [1.29, 1.82) is 0 Å². The molecule has 0 bridgehead atoms. The average Bonchev–Trinajstić information content (AvgIpc) is 3.02. The van der Waals surface area contributed by atoms with Gasteiger partial charge in [-0.1, -0.05) is 75.5 Å². The Balaban J connectivity index is 1.49. The number of ether oxygens (including phenoxy) is 2. The van der Waals surface area contributed by atoms with E-state index in [2.05, 4.69) is 46.4 Å². The Labute approximate surface area is 287 Å². The molecule has 0 radical (unpaired) electrons. The smallest absolute Gasteiger partial charge is 0.341 e. The van der Waals surface area contributed by atoms with E-state index in [1.807, 2.05) is 32.0 Å². The number of aromatic hydroxyl groups is 1. The van der Waals surface area contributed by atoms with Crippen LogP contribution >= 0.6 is 0 Å². The van der Waals surface area contributed by atoms with Crippen molar-refractivity contribution in [3.05, 3.63) is 87.5 Å². The standard InChI is InChI=1S/C42H56O6/c1-8-10-12-14-28-23-35(43)38-36(24-28)47-41(6,7)34-20-21-42(46,39(44)37(34)38)48-40(45)33-25-30(18-17-29(33)15-13-11-9-2)32-22-27(5)16-19-31(32)26(3)4/h17-18,22-25,31-32,39,43-44,46H,3,8-16,19-21H2,1-2,4-7H3/t31-,32-,39?,42?/m0/s1. The van der Waals surface area contributed by atoms with Crippen LogP contribution in [0.15, 0.2) is 59.7 Å². The van der Waals surface area contributed by atoms with Crippen LogP contribution in [0.1, 0.15) is 144 Å². The molecular weight excluding hydrogens is 600 g/mol. The Morgan fingerprint density at radius 2 is 1.75 bits per heavy atom. The fourth-order valence-electron chi connectivity index (χ4n) is 7.99. The molecule has 6 nitrogen and oxygen atoms in total. The molecule has 1 aliphatic heterocycles. The molecular formula is C42H56O6. The highest BCUT2D eigenvalue weighted by Crippen LogP contribution is 2.53. The second-order valence-electron chi connectivity index (χ2n) is 15.0. The first-order valence-corrected chi connectivity index (χ1v) is 18.2. The predicted molar refractivity (Wildman–Crippen MR) is 192 cm³/mol. The Morgan fingerprint density at radius 3 is 2.44 bits per heavy atom. The molecule has 0 spiro atoms. The summed E-state index contributed by atoms with van der Waals surface area (Å²) in [5, 5.41) is 35.2. The van der Waals surface area contributed by atoms with Gasteiger partial charge in [-0.3, -0.25) is 0 Å². The molecule has 48 heavy (non-hydrogen) atoms. The molecule has 0 saturated carbocycles. The zero-order valence-corrected chi connectivity index (χ0v) is 30.0. The highest BCUT2D eigenvalue weighted by atomic mass is 16.7. The normalized spacial score (nSPS) is 24.7. The van der Waals surface area contributed by atoms with Gasteiger partial charge >= 0.3 is 5.97 Å². The van der Waals surface area contributed by atoms with Crippen molar-refractivity contribution in [3.63, 3.8) is 0 Å². The lowest BCUT2D eigenvalue weighted by Crippen LogP contribution is -2.52. The van der Waals surface area contributed by atoms with E-state index in [4.69, 9.17) is 9.47 Å². The molecule has 2 aliphatic carbocycles. The van der Waals surface area contributed by atoms with Crippen LogP contribution in [0.25, 0.3) is 5.57 Å². The lowest BCUT2D eigenvalue weighted by molar-refractivity contribution is -0.216.